The second-order valence-corrected chi connectivity index (χ2v) is 7.69. The van der Waals surface area contributed by atoms with Gasteiger partial charge in [-0.25, -0.2) is 8.42 Å². The molecule has 104 valence electrons. The van der Waals surface area contributed by atoms with Crippen molar-refractivity contribution in [3.05, 3.63) is 12.4 Å². The Kier molecular flexibility index (Phi) is 3.90. The lowest BCUT2D eigenvalue weighted by atomic mass is 9.99. The summed E-state index contributed by atoms with van der Waals surface area (Å²) < 4.78 is 27.2. The summed E-state index contributed by atoms with van der Waals surface area (Å²) in [4.78, 5) is 0.212. The maximum Gasteiger partial charge on any atom is 0.246 e. The first-order chi connectivity index (χ1) is 8.93. The van der Waals surface area contributed by atoms with E-state index in [0.29, 0.717) is 25.9 Å². The highest BCUT2D eigenvalue weighted by atomic mass is 32.2. The Hall–Kier alpha value is -1.04. The van der Waals surface area contributed by atoms with Gasteiger partial charge in [0.2, 0.25) is 10.0 Å². The third-order valence-corrected chi connectivity index (χ3v) is 6.58. The van der Waals surface area contributed by atoms with Gasteiger partial charge in [0.15, 0.2) is 0 Å². The summed E-state index contributed by atoms with van der Waals surface area (Å²) >= 11 is 1.51. The first-order valence-corrected chi connectivity index (χ1v) is 8.55. The monoisotopic (exact) mass is 300 g/mol. The molecule has 1 saturated heterocycles. The number of nitriles is 1. The van der Waals surface area contributed by atoms with Crippen LogP contribution in [-0.2, 0) is 17.1 Å². The minimum Gasteiger partial charge on any atom is -0.274 e. The van der Waals surface area contributed by atoms with Gasteiger partial charge >= 0.3 is 0 Å². The van der Waals surface area contributed by atoms with Crippen molar-refractivity contribution in [3.8, 4) is 6.07 Å². The molecule has 0 radical (unpaired) electrons. The van der Waals surface area contributed by atoms with E-state index in [0.717, 1.165) is 0 Å². The molecule has 2 heterocycles. The first-order valence-electron chi connectivity index (χ1n) is 5.89. The van der Waals surface area contributed by atoms with Crippen LogP contribution in [0.2, 0.25) is 0 Å². The van der Waals surface area contributed by atoms with Crippen LogP contribution in [-0.4, -0.2) is 46.6 Å². The fourth-order valence-electron chi connectivity index (χ4n) is 2.13. The second-order valence-electron chi connectivity index (χ2n) is 4.56. The molecular weight excluding hydrogens is 284 g/mol. The number of nitrogens with zero attached hydrogens (tertiary/aromatic N) is 4. The summed E-state index contributed by atoms with van der Waals surface area (Å²) in [7, 11) is -1.79. The van der Waals surface area contributed by atoms with Gasteiger partial charge in [-0.15, -0.1) is 11.8 Å². The Balaban J connectivity index is 2.16. The van der Waals surface area contributed by atoms with Crippen LogP contribution < -0.4 is 0 Å². The summed E-state index contributed by atoms with van der Waals surface area (Å²) in [6.07, 6.45) is 5.87. The Labute approximate surface area is 117 Å². The molecular formula is C11H16N4O2S2. The summed E-state index contributed by atoms with van der Waals surface area (Å²) in [5, 5.41) is 13.1. The van der Waals surface area contributed by atoms with Crippen LogP contribution in [0, 0.1) is 11.3 Å². The van der Waals surface area contributed by atoms with Crippen molar-refractivity contribution >= 4 is 21.8 Å². The number of aryl methyl sites for hydroxylation is 1. The lowest BCUT2D eigenvalue weighted by molar-refractivity contribution is 0.327. The molecule has 0 bridgehead atoms. The number of aromatic nitrogens is 2. The van der Waals surface area contributed by atoms with E-state index in [1.54, 1.807) is 7.05 Å². The minimum atomic E-state index is -3.48. The Morgan fingerprint density at radius 2 is 2.11 bits per heavy atom. The molecule has 8 heteroatoms. The van der Waals surface area contributed by atoms with Crippen molar-refractivity contribution in [2.45, 2.75) is 22.5 Å². The maximum absolute atomic E-state index is 12.4. The van der Waals surface area contributed by atoms with Gasteiger partial charge in [-0.1, -0.05) is 0 Å². The molecule has 1 aromatic rings. The number of sulfonamides is 1. The molecule has 0 amide bonds. The van der Waals surface area contributed by atoms with Crippen LogP contribution in [0.5, 0.6) is 0 Å². The first kappa shape index (κ1) is 14.4. The standard InChI is InChI=1S/C11H16N4O2S2/c1-14-8-10(7-13-14)19(16,17)15-5-3-11(9-12,18-2)4-6-15/h7-8H,3-6H2,1-2H3. The van der Waals surface area contributed by atoms with Gasteiger partial charge in [0.25, 0.3) is 0 Å². The fraction of sp³-hybridized carbons (Fsp3) is 0.636. The predicted molar refractivity (Wildman–Crippen MR) is 73.1 cm³/mol. The van der Waals surface area contributed by atoms with E-state index in [2.05, 4.69) is 11.2 Å². The van der Waals surface area contributed by atoms with Crippen LogP contribution in [0.4, 0.5) is 0 Å². The predicted octanol–water partition coefficient (Wildman–Crippen LogP) is 0.830. The molecule has 1 aromatic heterocycles. The SMILES string of the molecule is CSC1(C#N)CCN(S(=O)(=O)c2cnn(C)c2)CC1. The zero-order valence-electron chi connectivity index (χ0n) is 10.9. The maximum atomic E-state index is 12.4. The van der Waals surface area contributed by atoms with Crippen LogP contribution in [0.1, 0.15) is 12.8 Å². The molecule has 1 aliphatic heterocycles. The van der Waals surface area contributed by atoms with Gasteiger partial charge in [-0.3, -0.25) is 4.68 Å². The van der Waals surface area contributed by atoms with Gasteiger partial charge in [0, 0.05) is 26.3 Å². The molecule has 0 aliphatic carbocycles. The zero-order valence-corrected chi connectivity index (χ0v) is 12.5. The summed E-state index contributed by atoms with van der Waals surface area (Å²) in [6, 6.07) is 2.31. The molecule has 2 rings (SSSR count). The smallest absolute Gasteiger partial charge is 0.246 e. The minimum absolute atomic E-state index is 0.212. The van der Waals surface area contributed by atoms with Gasteiger partial charge < -0.3 is 0 Å². The van der Waals surface area contributed by atoms with Crippen molar-refractivity contribution in [1.29, 1.82) is 5.26 Å². The van der Waals surface area contributed by atoms with E-state index >= 15 is 0 Å². The van der Waals surface area contributed by atoms with Crippen molar-refractivity contribution in [2.24, 2.45) is 7.05 Å². The molecule has 0 aromatic carbocycles. The van der Waals surface area contributed by atoms with Crippen LogP contribution in [0.25, 0.3) is 0 Å². The topological polar surface area (TPSA) is 79.0 Å². The molecule has 0 saturated carbocycles. The number of rotatable bonds is 3. The molecule has 0 spiro atoms. The average Bonchev–Trinajstić information content (AvgIpc) is 2.86. The van der Waals surface area contributed by atoms with Crippen LogP contribution in [0.15, 0.2) is 17.3 Å². The molecule has 0 N–H and O–H groups in total. The van der Waals surface area contributed by atoms with E-state index < -0.39 is 14.8 Å². The molecule has 1 fully saturated rings. The van der Waals surface area contributed by atoms with E-state index in [4.69, 9.17) is 0 Å². The molecule has 19 heavy (non-hydrogen) atoms. The average molecular weight is 300 g/mol. The van der Waals surface area contributed by atoms with Crippen LogP contribution >= 0.6 is 11.8 Å². The van der Waals surface area contributed by atoms with Crippen molar-refractivity contribution in [3.63, 3.8) is 0 Å². The summed E-state index contributed by atoms with van der Waals surface area (Å²) in [6.45, 7) is 0.761. The van der Waals surface area contributed by atoms with Crippen molar-refractivity contribution < 1.29 is 8.42 Å². The zero-order chi connectivity index (χ0) is 14.1. The molecule has 1 aliphatic rings. The van der Waals surface area contributed by atoms with E-state index in [1.807, 2.05) is 6.26 Å². The number of hydrogen-bond acceptors (Lipinski definition) is 5. The largest absolute Gasteiger partial charge is 0.274 e. The van der Waals surface area contributed by atoms with Gasteiger partial charge in [-0.05, 0) is 19.1 Å². The highest BCUT2D eigenvalue weighted by Gasteiger charge is 2.38. The van der Waals surface area contributed by atoms with Crippen molar-refractivity contribution in [1.82, 2.24) is 14.1 Å². The second kappa shape index (κ2) is 5.15. The highest BCUT2D eigenvalue weighted by molar-refractivity contribution is 8.00. The molecule has 6 nitrogen and oxygen atoms in total. The molecule has 0 unspecified atom stereocenters. The Morgan fingerprint density at radius 3 is 2.53 bits per heavy atom. The van der Waals surface area contributed by atoms with Gasteiger partial charge in [0.1, 0.15) is 9.64 Å². The third-order valence-electron chi connectivity index (χ3n) is 3.44. The summed E-state index contributed by atoms with van der Waals surface area (Å²) in [5.41, 5.74) is 0. The lowest BCUT2D eigenvalue weighted by Crippen LogP contribution is -2.44. The van der Waals surface area contributed by atoms with E-state index in [1.165, 1.54) is 33.1 Å². The number of piperidine rings is 1. The molecule has 0 atom stereocenters. The van der Waals surface area contributed by atoms with Crippen LogP contribution in [0.3, 0.4) is 0 Å². The van der Waals surface area contributed by atoms with Crippen molar-refractivity contribution in [2.75, 3.05) is 19.3 Å². The third kappa shape index (κ3) is 2.63. The van der Waals surface area contributed by atoms with Gasteiger partial charge in [-0.2, -0.15) is 14.7 Å². The lowest BCUT2D eigenvalue weighted by Gasteiger charge is -2.35. The van der Waals surface area contributed by atoms with E-state index in [-0.39, 0.29) is 4.90 Å². The quantitative estimate of drug-likeness (QED) is 0.826. The highest BCUT2D eigenvalue weighted by Crippen LogP contribution is 2.35. The number of thioether (sulfide) groups is 1. The van der Waals surface area contributed by atoms with E-state index in [9.17, 15) is 13.7 Å². The Morgan fingerprint density at radius 1 is 1.47 bits per heavy atom. The summed E-state index contributed by atoms with van der Waals surface area (Å²) in [5.74, 6) is 0. The fourth-order valence-corrected chi connectivity index (χ4v) is 4.24. The Bertz CT molecular complexity index is 594. The normalized spacial score (nSPS) is 20.1. The number of hydrogen-bond donors (Lipinski definition) is 0. The van der Waals surface area contributed by atoms with Gasteiger partial charge in [0.05, 0.1) is 12.3 Å².